The first kappa shape index (κ1) is 13.4. The lowest BCUT2D eigenvalue weighted by molar-refractivity contribution is -0.00521. The Bertz CT molecular complexity index is 367. The van der Waals surface area contributed by atoms with Gasteiger partial charge in [-0.15, -0.1) is 0 Å². The molecule has 0 spiro atoms. The van der Waals surface area contributed by atoms with Crippen LogP contribution in [-0.4, -0.2) is 25.3 Å². The summed E-state index contributed by atoms with van der Waals surface area (Å²) in [6, 6.07) is 8.80. The van der Waals surface area contributed by atoms with E-state index in [4.69, 9.17) is 10.5 Å². The third kappa shape index (κ3) is 3.03. The lowest BCUT2D eigenvalue weighted by Gasteiger charge is -2.37. The summed E-state index contributed by atoms with van der Waals surface area (Å²) in [4.78, 5) is 2.39. The van der Waals surface area contributed by atoms with Gasteiger partial charge in [-0.2, -0.15) is 0 Å². The SMILES string of the molecule is CCC(N)c1ccc(N2CC(C)OC(C)C2)cc1. The van der Waals surface area contributed by atoms with Gasteiger partial charge in [-0.05, 0) is 38.0 Å². The number of nitrogens with zero attached hydrogens (tertiary/aromatic N) is 1. The largest absolute Gasteiger partial charge is 0.372 e. The second kappa shape index (κ2) is 5.72. The third-order valence-corrected chi connectivity index (χ3v) is 3.55. The number of rotatable bonds is 3. The Balaban J connectivity index is 2.09. The van der Waals surface area contributed by atoms with E-state index in [1.54, 1.807) is 0 Å². The number of morpholine rings is 1. The van der Waals surface area contributed by atoms with Crippen LogP contribution in [0.3, 0.4) is 0 Å². The molecule has 0 aromatic heterocycles. The number of hydrogen-bond acceptors (Lipinski definition) is 3. The van der Waals surface area contributed by atoms with E-state index < -0.39 is 0 Å². The Kier molecular flexibility index (Phi) is 4.25. The molecule has 1 heterocycles. The molecule has 1 aromatic carbocycles. The van der Waals surface area contributed by atoms with Gasteiger partial charge in [0.1, 0.15) is 0 Å². The van der Waals surface area contributed by atoms with Crippen molar-refractivity contribution in [3.63, 3.8) is 0 Å². The van der Waals surface area contributed by atoms with Gasteiger partial charge in [-0.25, -0.2) is 0 Å². The molecule has 3 atom stereocenters. The molecular weight excluding hydrogens is 224 g/mol. The predicted octanol–water partition coefficient (Wildman–Crippen LogP) is 2.71. The highest BCUT2D eigenvalue weighted by Crippen LogP contribution is 2.23. The number of nitrogens with two attached hydrogens (primary N) is 1. The molecule has 2 rings (SSSR count). The van der Waals surface area contributed by atoms with Crippen LogP contribution in [0.5, 0.6) is 0 Å². The Morgan fingerprint density at radius 1 is 1.22 bits per heavy atom. The molecule has 0 aliphatic carbocycles. The summed E-state index contributed by atoms with van der Waals surface area (Å²) in [5.74, 6) is 0. The van der Waals surface area contributed by atoms with Crippen LogP contribution in [0.15, 0.2) is 24.3 Å². The Morgan fingerprint density at radius 3 is 2.28 bits per heavy atom. The first-order valence-corrected chi connectivity index (χ1v) is 6.86. The molecule has 0 amide bonds. The van der Waals surface area contributed by atoms with Gasteiger partial charge in [0.25, 0.3) is 0 Å². The fourth-order valence-electron chi connectivity index (χ4n) is 2.56. The van der Waals surface area contributed by atoms with Crippen LogP contribution in [-0.2, 0) is 4.74 Å². The van der Waals surface area contributed by atoms with E-state index in [2.05, 4.69) is 49.9 Å². The summed E-state index contributed by atoms with van der Waals surface area (Å²) in [7, 11) is 0. The fraction of sp³-hybridized carbons (Fsp3) is 0.600. The molecule has 3 heteroatoms. The van der Waals surface area contributed by atoms with Crippen LogP contribution in [0.25, 0.3) is 0 Å². The third-order valence-electron chi connectivity index (χ3n) is 3.55. The van der Waals surface area contributed by atoms with E-state index in [1.165, 1.54) is 11.3 Å². The topological polar surface area (TPSA) is 38.5 Å². The van der Waals surface area contributed by atoms with Crippen LogP contribution in [0.2, 0.25) is 0 Å². The van der Waals surface area contributed by atoms with E-state index >= 15 is 0 Å². The maximum Gasteiger partial charge on any atom is 0.0726 e. The van der Waals surface area contributed by atoms with Crippen LogP contribution in [0, 0.1) is 0 Å². The number of benzene rings is 1. The van der Waals surface area contributed by atoms with Crippen molar-refractivity contribution in [3.8, 4) is 0 Å². The molecule has 1 aromatic rings. The standard InChI is InChI=1S/C15H24N2O/c1-4-15(16)13-5-7-14(8-6-13)17-9-11(2)18-12(3)10-17/h5-8,11-12,15H,4,9-10,16H2,1-3H3. The maximum absolute atomic E-state index is 6.03. The predicted molar refractivity (Wildman–Crippen MR) is 75.9 cm³/mol. The summed E-state index contributed by atoms with van der Waals surface area (Å²) >= 11 is 0. The lowest BCUT2D eigenvalue weighted by Crippen LogP contribution is -2.45. The van der Waals surface area contributed by atoms with Crippen molar-refractivity contribution >= 4 is 5.69 Å². The van der Waals surface area contributed by atoms with E-state index in [-0.39, 0.29) is 6.04 Å². The van der Waals surface area contributed by atoms with Gasteiger partial charge in [0, 0.05) is 24.8 Å². The fourth-order valence-corrected chi connectivity index (χ4v) is 2.56. The molecule has 1 aliphatic rings. The highest BCUT2D eigenvalue weighted by atomic mass is 16.5. The van der Waals surface area contributed by atoms with E-state index in [1.807, 2.05) is 0 Å². The molecule has 0 saturated carbocycles. The monoisotopic (exact) mass is 248 g/mol. The molecule has 1 fully saturated rings. The van der Waals surface area contributed by atoms with Crippen molar-refractivity contribution in [2.45, 2.75) is 45.4 Å². The molecule has 18 heavy (non-hydrogen) atoms. The summed E-state index contributed by atoms with van der Waals surface area (Å²) in [5.41, 5.74) is 8.52. The zero-order valence-electron chi connectivity index (χ0n) is 11.6. The van der Waals surface area contributed by atoms with E-state index in [0.29, 0.717) is 12.2 Å². The second-order valence-corrected chi connectivity index (χ2v) is 5.27. The highest BCUT2D eigenvalue weighted by Gasteiger charge is 2.22. The van der Waals surface area contributed by atoms with Crippen molar-refractivity contribution in [3.05, 3.63) is 29.8 Å². The van der Waals surface area contributed by atoms with E-state index in [9.17, 15) is 0 Å². The maximum atomic E-state index is 6.03. The molecule has 0 bridgehead atoms. The van der Waals surface area contributed by atoms with Crippen LogP contribution < -0.4 is 10.6 Å². The summed E-state index contributed by atoms with van der Waals surface area (Å²) in [6.45, 7) is 8.30. The number of anilines is 1. The van der Waals surface area contributed by atoms with Gasteiger partial charge in [0.15, 0.2) is 0 Å². The second-order valence-electron chi connectivity index (χ2n) is 5.27. The molecule has 1 aliphatic heterocycles. The van der Waals surface area contributed by atoms with Gasteiger partial charge in [0.2, 0.25) is 0 Å². The Morgan fingerprint density at radius 2 is 1.78 bits per heavy atom. The quantitative estimate of drug-likeness (QED) is 0.894. The Labute approximate surface area is 110 Å². The average molecular weight is 248 g/mol. The van der Waals surface area contributed by atoms with Crippen molar-refractivity contribution in [1.82, 2.24) is 0 Å². The lowest BCUT2D eigenvalue weighted by atomic mass is 10.0. The number of hydrogen-bond donors (Lipinski definition) is 1. The van der Waals surface area contributed by atoms with Crippen molar-refractivity contribution < 1.29 is 4.74 Å². The summed E-state index contributed by atoms with van der Waals surface area (Å²) in [5, 5.41) is 0. The van der Waals surface area contributed by atoms with Crippen molar-refractivity contribution in [1.29, 1.82) is 0 Å². The summed E-state index contributed by atoms with van der Waals surface area (Å²) in [6.07, 6.45) is 1.57. The summed E-state index contributed by atoms with van der Waals surface area (Å²) < 4.78 is 5.76. The zero-order valence-corrected chi connectivity index (χ0v) is 11.6. The normalized spacial score (nSPS) is 26.1. The molecule has 2 N–H and O–H groups in total. The zero-order chi connectivity index (χ0) is 13.1. The average Bonchev–Trinajstić information content (AvgIpc) is 2.37. The first-order valence-electron chi connectivity index (χ1n) is 6.86. The smallest absolute Gasteiger partial charge is 0.0726 e. The molecule has 3 nitrogen and oxygen atoms in total. The van der Waals surface area contributed by atoms with Gasteiger partial charge in [-0.1, -0.05) is 19.1 Å². The van der Waals surface area contributed by atoms with Gasteiger partial charge < -0.3 is 15.4 Å². The highest BCUT2D eigenvalue weighted by molar-refractivity contribution is 5.48. The number of ether oxygens (including phenoxy) is 1. The van der Waals surface area contributed by atoms with Crippen molar-refractivity contribution in [2.24, 2.45) is 5.73 Å². The Hall–Kier alpha value is -1.06. The minimum atomic E-state index is 0.154. The van der Waals surface area contributed by atoms with Gasteiger partial charge >= 0.3 is 0 Å². The van der Waals surface area contributed by atoms with Crippen LogP contribution >= 0.6 is 0 Å². The molecular formula is C15H24N2O. The van der Waals surface area contributed by atoms with E-state index in [0.717, 1.165) is 19.5 Å². The van der Waals surface area contributed by atoms with Crippen molar-refractivity contribution in [2.75, 3.05) is 18.0 Å². The minimum absolute atomic E-state index is 0.154. The minimum Gasteiger partial charge on any atom is -0.372 e. The first-order chi connectivity index (χ1) is 8.60. The van der Waals surface area contributed by atoms with Gasteiger partial charge in [0.05, 0.1) is 12.2 Å². The van der Waals surface area contributed by atoms with Gasteiger partial charge in [-0.3, -0.25) is 0 Å². The van der Waals surface area contributed by atoms with Crippen LogP contribution in [0.1, 0.15) is 38.8 Å². The molecule has 1 saturated heterocycles. The van der Waals surface area contributed by atoms with Crippen LogP contribution in [0.4, 0.5) is 5.69 Å². The molecule has 3 unspecified atom stereocenters. The molecule has 100 valence electrons. The molecule has 0 radical (unpaired) electrons.